The Bertz CT molecular complexity index is 2090. The molecule has 0 atom stereocenters. The van der Waals surface area contributed by atoms with Crippen LogP contribution in [0.25, 0.3) is 0 Å². The molecule has 4 heteroatoms. The number of ether oxygens (including phenoxy) is 2. The summed E-state index contributed by atoms with van der Waals surface area (Å²) >= 11 is 0. The van der Waals surface area contributed by atoms with E-state index in [1.807, 2.05) is 17.0 Å². The number of hydrogen-bond donors (Lipinski definition) is 0. The van der Waals surface area contributed by atoms with Gasteiger partial charge in [-0.15, -0.1) is 0 Å². The molecule has 0 amide bonds. The van der Waals surface area contributed by atoms with E-state index in [-0.39, 0.29) is 28.7 Å². The highest BCUT2D eigenvalue weighted by molar-refractivity contribution is 6.98. The first-order valence-electron chi connectivity index (χ1n) is 18.6. The smallest absolute Gasteiger partial charge is 0.260 e. The minimum Gasteiger partial charge on any atom is -0.458 e. The second-order valence-electron chi connectivity index (χ2n) is 14.6. The Balaban J connectivity index is 1.39. The lowest BCUT2D eigenvalue weighted by Gasteiger charge is -2.42. The second-order valence-corrected chi connectivity index (χ2v) is 14.6. The first kappa shape index (κ1) is 22.1. The molecule has 224 valence electrons. The number of anilines is 3. The van der Waals surface area contributed by atoms with E-state index in [2.05, 4.69) is 77.9 Å². The molecule has 0 saturated heterocycles. The van der Waals surface area contributed by atoms with E-state index in [4.69, 9.17) is 17.7 Å². The van der Waals surface area contributed by atoms with Gasteiger partial charge in [0.25, 0.3) is 6.71 Å². The Labute approximate surface area is 276 Å². The molecule has 0 spiro atoms. The Morgan fingerprint density at radius 2 is 1.07 bits per heavy atom. The van der Waals surface area contributed by atoms with Crippen LogP contribution in [0.3, 0.4) is 0 Å². The van der Waals surface area contributed by atoms with Gasteiger partial charge >= 0.3 is 0 Å². The van der Waals surface area contributed by atoms with Gasteiger partial charge in [-0.2, -0.15) is 0 Å². The summed E-state index contributed by atoms with van der Waals surface area (Å²) in [5.41, 5.74) is 5.15. The fourth-order valence-corrected chi connectivity index (χ4v) is 7.08. The van der Waals surface area contributed by atoms with Crippen molar-refractivity contribution in [3.63, 3.8) is 0 Å². The molecule has 3 nitrogen and oxygen atoms in total. The molecule has 8 rings (SSSR count). The number of benzene rings is 5. The molecular formula is C41H40BNO2. The van der Waals surface area contributed by atoms with Gasteiger partial charge in [0, 0.05) is 31.2 Å². The Morgan fingerprint density at radius 3 is 1.51 bits per heavy atom. The van der Waals surface area contributed by atoms with E-state index in [9.17, 15) is 0 Å². The predicted octanol–water partition coefficient (Wildman–Crippen LogP) is 9.12. The first-order chi connectivity index (χ1) is 23.8. The highest BCUT2D eigenvalue weighted by Crippen LogP contribution is 2.53. The van der Waals surface area contributed by atoms with Crippen LogP contribution in [0.2, 0.25) is 0 Å². The number of para-hydroxylation sites is 2. The van der Waals surface area contributed by atoms with Crippen molar-refractivity contribution in [2.75, 3.05) is 4.90 Å². The van der Waals surface area contributed by atoms with Crippen LogP contribution in [0.15, 0.2) is 97.1 Å². The van der Waals surface area contributed by atoms with Gasteiger partial charge in [0.2, 0.25) is 0 Å². The van der Waals surface area contributed by atoms with Crippen molar-refractivity contribution in [3.8, 4) is 23.0 Å². The third-order valence-electron chi connectivity index (χ3n) is 9.55. The number of fused-ring (bicyclic) bond motifs is 6. The van der Waals surface area contributed by atoms with E-state index >= 15 is 0 Å². The van der Waals surface area contributed by atoms with E-state index in [1.165, 1.54) is 11.1 Å². The van der Waals surface area contributed by atoms with Crippen molar-refractivity contribution < 1.29 is 17.7 Å². The highest BCUT2D eigenvalue weighted by Gasteiger charge is 2.43. The van der Waals surface area contributed by atoms with Gasteiger partial charge in [0.05, 0.1) is 17.1 Å². The molecule has 3 aliphatic rings. The van der Waals surface area contributed by atoms with Gasteiger partial charge in [-0.05, 0) is 68.3 Å². The summed E-state index contributed by atoms with van der Waals surface area (Å²) in [6.07, 6.45) is 0. The maximum Gasteiger partial charge on any atom is 0.260 e. The SMILES string of the molecule is [2H]C([2H])([2H])C1(C([2H])([2H])[2H])c2ccccc2N(c2cc3c4c(c2)Oc2ccc(C(C)(C)C)cc2B4c2cc(C(C)(C)C)ccc2O3)c2ccccc21. The summed E-state index contributed by atoms with van der Waals surface area (Å²) in [6, 6.07) is 30.7. The van der Waals surface area contributed by atoms with Gasteiger partial charge in [-0.25, -0.2) is 0 Å². The van der Waals surface area contributed by atoms with Gasteiger partial charge < -0.3 is 14.4 Å². The molecule has 45 heavy (non-hydrogen) atoms. The van der Waals surface area contributed by atoms with Crippen molar-refractivity contribution in [1.29, 1.82) is 0 Å². The minimum absolute atomic E-state index is 0.0724. The quantitative estimate of drug-likeness (QED) is 0.177. The summed E-state index contributed by atoms with van der Waals surface area (Å²) in [5, 5.41) is 0. The van der Waals surface area contributed by atoms with Crippen LogP contribution in [-0.4, -0.2) is 6.71 Å². The van der Waals surface area contributed by atoms with Crippen LogP contribution in [-0.2, 0) is 16.2 Å². The molecule has 0 N–H and O–H groups in total. The molecule has 5 aromatic carbocycles. The van der Waals surface area contributed by atoms with Crippen molar-refractivity contribution >= 4 is 40.2 Å². The zero-order valence-electron chi connectivity index (χ0n) is 32.6. The molecule has 0 fully saturated rings. The van der Waals surface area contributed by atoms with Crippen molar-refractivity contribution in [1.82, 2.24) is 0 Å². The lowest BCUT2D eigenvalue weighted by molar-refractivity contribution is 0.464. The lowest BCUT2D eigenvalue weighted by Crippen LogP contribution is -2.57. The Hall–Kier alpha value is -4.44. The maximum absolute atomic E-state index is 8.74. The van der Waals surface area contributed by atoms with Crippen LogP contribution in [0.4, 0.5) is 17.1 Å². The highest BCUT2D eigenvalue weighted by atomic mass is 16.5. The molecule has 3 heterocycles. The summed E-state index contributed by atoms with van der Waals surface area (Å²) in [4.78, 5) is 1.94. The van der Waals surface area contributed by atoms with Gasteiger partial charge in [-0.3, -0.25) is 0 Å². The third-order valence-corrected chi connectivity index (χ3v) is 9.55. The molecule has 0 saturated carbocycles. The number of rotatable bonds is 1. The standard InChI is InChI=1S/C41H40BNO2/c1-39(2,3)25-17-19-34-30(21-25)42-31-22-26(40(4,5)6)18-20-35(31)45-37-24-27(23-36(44-34)38(37)42)43-32-15-11-9-13-28(32)41(7,8)29-14-10-12-16-33(29)43/h9-24H,1-8H3/i7D3,8D3. The minimum atomic E-state index is -2.89. The van der Waals surface area contributed by atoms with E-state index in [0.717, 1.165) is 27.9 Å². The number of nitrogens with zero attached hydrogens (tertiary/aromatic N) is 1. The number of hydrogen-bond acceptors (Lipinski definition) is 3. The van der Waals surface area contributed by atoms with E-state index in [0.29, 0.717) is 28.6 Å². The van der Waals surface area contributed by atoms with Crippen LogP contribution in [0.5, 0.6) is 23.0 Å². The van der Waals surface area contributed by atoms with Gasteiger partial charge in [0.1, 0.15) is 23.0 Å². The zero-order valence-corrected chi connectivity index (χ0v) is 26.6. The summed E-state index contributed by atoms with van der Waals surface area (Å²) in [7, 11) is 0. The van der Waals surface area contributed by atoms with Gasteiger partial charge in [-0.1, -0.05) is 116 Å². The summed E-state index contributed by atoms with van der Waals surface area (Å²) < 4.78 is 66.0. The van der Waals surface area contributed by atoms with Crippen LogP contribution < -0.4 is 30.8 Å². The average molecular weight is 596 g/mol. The lowest BCUT2D eigenvalue weighted by atomic mass is 9.34. The average Bonchev–Trinajstić information content (AvgIpc) is 3.04. The topological polar surface area (TPSA) is 21.7 Å². The van der Waals surface area contributed by atoms with E-state index < -0.39 is 19.1 Å². The Kier molecular flexibility index (Phi) is 4.57. The molecule has 0 aromatic heterocycles. The Morgan fingerprint density at radius 1 is 0.600 bits per heavy atom. The molecular weight excluding hydrogens is 549 g/mol. The molecule has 0 bridgehead atoms. The summed E-state index contributed by atoms with van der Waals surface area (Å²) in [6.45, 7) is 7.33. The van der Waals surface area contributed by atoms with Crippen molar-refractivity contribution in [2.24, 2.45) is 0 Å². The van der Waals surface area contributed by atoms with Crippen LogP contribution >= 0.6 is 0 Å². The van der Waals surface area contributed by atoms with Crippen molar-refractivity contribution in [2.45, 2.75) is 71.5 Å². The molecule has 0 radical (unpaired) electrons. The maximum atomic E-state index is 8.74. The van der Waals surface area contributed by atoms with Crippen molar-refractivity contribution in [3.05, 3.63) is 119 Å². The zero-order chi connectivity index (χ0) is 36.5. The van der Waals surface area contributed by atoms with Crippen LogP contribution in [0.1, 0.15) is 85.7 Å². The summed E-state index contributed by atoms with van der Waals surface area (Å²) in [5.74, 6) is 2.80. The second kappa shape index (κ2) is 9.30. The largest absolute Gasteiger partial charge is 0.458 e. The molecule has 0 aliphatic carbocycles. The first-order valence-corrected chi connectivity index (χ1v) is 15.6. The third kappa shape index (κ3) is 4.18. The molecule has 5 aromatic rings. The molecule has 3 aliphatic heterocycles. The molecule has 0 unspecified atom stereocenters. The predicted molar refractivity (Wildman–Crippen MR) is 188 cm³/mol. The fraction of sp³-hybridized carbons (Fsp3) is 0.268. The monoisotopic (exact) mass is 595 g/mol. The van der Waals surface area contributed by atoms with Gasteiger partial charge in [0.15, 0.2) is 0 Å². The fourth-order valence-electron chi connectivity index (χ4n) is 7.08. The van der Waals surface area contributed by atoms with E-state index in [1.54, 1.807) is 48.5 Å². The normalized spacial score (nSPS) is 18.1. The van der Waals surface area contributed by atoms with Crippen LogP contribution in [0, 0.1) is 0 Å².